The predicted octanol–water partition coefficient (Wildman–Crippen LogP) is 4.02. The van der Waals surface area contributed by atoms with Gasteiger partial charge >= 0.3 is 6.18 Å². The van der Waals surface area contributed by atoms with Crippen LogP contribution in [0.5, 0.6) is 5.75 Å². The van der Waals surface area contributed by atoms with Crippen molar-refractivity contribution in [2.24, 2.45) is 0 Å². The molecule has 2 fully saturated rings. The molecule has 2 saturated carbocycles. The quantitative estimate of drug-likeness (QED) is 0.807. The lowest BCUT2D eigenvalue weighted by Gasteiger charge is -2.46. The van der Waals surface area contributed by atoms with E-state index in [4.69, 9.17) is 0 Å². The van der Waals surface area contributed by atoms with E-state index >= 15 is 0 Å². The fourth-order valence-electron chi connectivity index (χ4n) is 4.74. The Balaban J connectivity index is 1.55. The first-order valence-electron chi connectivity index (χ1n) is 9.93. The molecule has 0 spiro atoms. The van der Waals surface area contributed by atoms with Crippen molar-refractivity contribution in [3.8, 4) is 17.0 Å². The monoisotopic (exact) mass is 405 g/mol. The number of hydrogen-bond donors (Lipinski definition) is 2. The molecule has 0 bridgehead atoms. The van der Waals surface area contributed by atoms with Crippen molar-refractivity contribution in [1.82, 2.24) is 10.2 Å². The standard InChI is InChI=1S/C21H22F3N3O2/c1-20(29)9-13(10-20)27-7-6-15-17(11-2-3-11)18(25-26-19(15)27)14-5-4-12(8-16(14)28)21(22,23)24/h4-5,8,11,13,28-29H,2-3,6-7,9-10H2,1H3. The number of alkyl halides is 3. The maximum Gasteiger partial charge on any atom is 0.416 e. The Bertz CT molecular complexity index is 978. The van der Waals surface area contributed by atoms with Crippen LogP contribution < -0.4 is 4.90 Å². The fourth-order valence-corrected chi connectivity index (χ4v) is 4.74. The number of phenols is 1. The van der Waals surface area contributed by atoms with E-state index in [0.717, 1.165) is 54.9 Å². The van der Waals surface area contributed by atoms with Crippen LogP contribution in [0.2, 0.25) is 0 Å². The van der Waals surface area contributed by atoms with E-state index in [1.165, 1.54) is 6.07 Å². The normalized spacial score (nSPS) is 26.4. The minimum absolute atomic E-state index is 0.234. The largest absolute Gasteiger partial charge is 0.507 e. The number of aliphatic hydroxyl groups is 1. The summed E-state index contributed by atoms with van der Waals surface area (Å²) in [7, 11) is 0. The lowest BCUT2D eigenvalue weighted by atomic mass is 9.76. The Morgan fingerprint density at radius 3 is 2.48 bits per heavy atom. The lowest BCUT2D eigenvalue weighted by molar-refractivity contribution is -0.137. The zero-order valence-electron chi connectivity index (χ0n) is 16.0. The maximum absolute atomic E-state index is 12.9. The van der Waals surface area contributed by atoms with E-state index in [-0.39, 0.29) is 6.04 Å². The van der Waals surface area contributed by atoms with Crippen LogP contribution in [-0.4, -0.2) is 38.6 Å². The Morgan fingerprint density at radius 1 is 1.17 bits per heavy atom. The fraction of sp³-hybridized carbons (Fsp3) is 0.524. The van der Waals surface area contributed by atoms with Gasteiger partial charge in [0.1, 0.15) is 11.4 Å². The third-order valence-electron chi connectivity index (χ3n) is 6.33. The summed E-state index contributed by atoms with van der Waals surface area (Å²) >= 11 is 0. The number of aromatic nitrogens is 2. The van der Waals surface area contributed by atoms with Crippen molar-refractivity contribution < 1.29 is 23.4 Å². The number of hydrogen-bond acceptors (Lipinski definition) is 5. The average molecular weight is 405 g/mol. The first-order valence-corrected chi connectivity index (χ1v) is 9.93. The smallest absolute Gasteiger partial charge is 0.416 e. The molecule has 154 valence electrons. The molecule has 29 heavy (non-hydrogen) atoms. The molecule has 2 heterocycles. The van der Waals surface area contributed by atoms with Crippen LogP contribution in [0.1, 0.15) is 55.2 Å². The molecule has 5 nitrogen and oxygen atoms in total. The van der Waals surface area contributed by atoms with Crippen LogP contribution in [0.25, 0.3) is 11.3 Å². The molecule has 0 unspecified atom stereocenters. The summed E-state index contributed by atoms with van der Waals surface area (Å²) in [5.41, 5.74) is 1.36. The van der Waals surface area contributed by atoms with Crippen molar-refractivity contribution in [3.63, 3.8) is 0 Å². The number of rotatable bonds is 3. The molecule has 5 rings (SSSR count). The van der Waals surface area contributed by atoms with E-state index in [1.54, 1.807) is 0 Å². The van der Waals surface area contributed by atoms with Gasteiger partial charge in [0.25, 0.3) is 0 Å². The summed E-state index contributed by atoms with van der Waals surface area (Å²) in [6.45, 7) is 2.63. The summed E-state index contributed by atoms with van der Waals surface area (Å²) in [6.07, 6.45) is -0.328. The second kappa shape index (κ2) is 6.08. The van der Waals surface area contributed by atoms with E-state index in [1.807, 2.05) is 6.92 Å². The highest BCUT2D eigenvalue weighted by molar-refractivity contribution is 5.75. The number of nitrogens with zero attached hydrogens (tertiary/aromatic N) is 3. The van der Waals surface area contributed by atoms with Crippen LogP contribution >= 0.6 is 0 Å². The van der Waals surface area contributed by atoms with Gasteiger partial charge in [-0.05, 0) is 68.7 Å². The molecule has 2 aliphatic carbocycles. The van der Waals surface area contributed by atoms with Crippen LogP contribution in [0.3, 0.4) is 0 Å². The number of halogens is 3. The van der Waals surface area contributed by atoms with Gasteiger partial charge < -0.3 is 15.1 Å². The molecular weight excluding hydrogens is 383 g/mol. The minimum atomic E-state index is -4.51. The summed E-state index contributed by atoms with van der Waals surface area (Å²) in [4.78, 5) is 2.20. The first kappa shape index (κ1) is 18.7. The molecule has 0 amide bonds. The Labute approximate surface area is 166 Å². The van der Waals surface area contributed by atoms with Gasteiger partial charge in [0.15, 0.2) is 5.82 Å². The summed E-state index contributed by atoms with van der Waals surface area (Å²) < 4.78 is 38.8. The van der Waals surface area contributed by atoms with E-state index in [0.29, 0.717) is 30.0 Å². The molecular formula is C21H22F3N3O2. The molecule has 1 aromatic carbocycles. The maximum atomic E-state index is 12.9. The number of phenolic OH excluding ortho intramolecular Hbond substituents is 1. The Hall–Kier alpha value is -2.35. The van der Waals surface area contributed by atoms with E-state index in [2.05, 4.69) is 15.1 Å². The third-order valence-corrected chi connectivity index (χ3v) is 6.33. The lowest BCUT2D eigenvalue weighted by Crippen LogP contribution is -2.53. The van der Waals surface area contributed by atoms with Crippen LogP contribution in [-0.2, 0) is 12.6 Å². The van der Waals surface area contributed by atoms with Crippen molar-refractivity contribution in [2.45, 2.75) is 62.8 Å². The van der Waals surface area contributed by atoms with Crippen molar-refractivity contribution in [1.29, 1.82) is 0 Å². The number of anilines is 1. The SMILES string of the molecule is CC1(O)CC(N2CCc3c2nnc(-c2ccc(C(F)(F)F)cc2O)c3C2CC2)C1. The zero-order chi connectivity index (χ0) is 20.6. The van der Waals surface area contributed by atoms with Gasteiger partial charge in [0, 0.05) is 23.7 Å². The van der Waals surface area contributed by atoms with Gasteiger partial charge in [0.2, 0.25) is 0 Å². The molecule has 8 heteroatoms. The van der Waals surface area contributed by atoms with Gasteiger partial charge in [-0.15, -0.1) is 10.2 Å². The highest BCUT2D eigenvalue weighted by Crippen LogP contribution is 2.51. The van der Waals surface area contributed by atoms with Crippen molar-refractivity contribution in [3.05, 3.63) is 34.9 Å². The number of benzene rings is 1. The summed E-state index contributed by atoms with van der Waals surface area (Å²) in [6, 6.07) is 3.25. The molecule has 3 aliphatic rings. The highest BCUT2D eigenvalue weighted by atomic mass is 19.4. The zero-order valence-corrected chi connectivity index (χ0v) is 16.0. The molecule has 2 aromatic rings. The third kappa shape index (κ3) is 3.13. The molecule has 0 radical (unpaired) electrons. The molecule has 0 saturated heterocycles. The van der Waals surface area contributed by atoms with Crippen LogP contribution in [0.4, 0.5) is 19.0 Å². The highest BCUT2D eigenvalue weighted by Gasteiger charge is 2.45. The number of aromatic hydroxyl groups is 1. The van der Waals surface area contributed by atoms with Gasteiger partial charge in [-0.1, -0.05) is 0 Å². The minimum Gasteiger partial charge on any atom is -0.507 e. The molecule has 1 aromatic heterocycles. The second-order valence-corrected chi connectivity index (χ2v) is 8.77. The Kier molecular flexibility index (Phi) is 3.91. The van der Waals surface area contributed by atoms with Crippen molar-refractivity contribution in [2.75, 3.05) is 11.4 Å². The molecule has 1 aliphatic heterocycles. The number of fused-ring (bicyclic) bond motifs is 1. The van der Waals surface area contributed by atoms with Gasteiger partial charge in [0.05, 0.1) is 11.2 Å². The van der Waals surface area contributed by atoms with Gasteiger partial charge in [-0.2, -0.15) is 13.2 Å². The summed E-state index contributed by atoms with van der Waals surface area (Å²) in [5, 5.41) is 29.2. The summed E-state index contributed by atoms with van der Waals surface area (Å²) in [5.74, 6) is 0.698. The topological polar surface area (TPSA) is 69.5 Å². The van der Waals surface area contributed by atoms with Crippen LogP contribution in [0.15, 0.2) is 18.2 Å². The average Bonchev–Trinajstić information content (AvgIpc) is 3.36. The van der Waals surface area contributed by atoms with Gasteiger partial charge in [-0.25, -0.2) is 0 Å². The molecule has 0 atom stereocenters. The van der Waals surface area contributed by atoms with E-state index < -0.39 is 23.1 Å². The first-order chi connectivity index (χ1) is 13.6. The van der Waals surface area contributed by atoms with Crippen LogP contribution in [0, 0.1) is 0 Å². The van der Waals surface area contributed by atoms with Crippen molar-refractivity contribution >= 4 is 5.82 Å². The Morgan fingerprint density at radius 2 is 1.90 bits per heavy atom. The van der Waals surface area contributed by atoms with E-state index in [9.17, 15) is 23.4 Å². The predicted molar refractivity (Wildman–Crippen MR) is 101 cm³/mol. The van der Waals surface area contributed by atoms with Gasteiger partial charge in [-0.3, -0.25) is 0 Å². The second-order valence-electron chi connectivity index (χ2n) is 8.77. The molecule has 2 N–H and O–H groups in total.